The number of urea groups is 1. The minimum Gasteiger partial charge on any atom is -0.479 e. The van der Waals surface area contributed by atoms with E-state index in [1.54, 1.807) is 22.2 Å². The number of carboxylic acids is 1. The van der Waals surface area contributed by atoms with Crippen molar-refractivity contribution in [2.24, 2.45) is 7.05 Å². The third-order valence-corrected chi connectivity index (χ3v) is 3.72. The second-order valence-corrected chi connectivity index (χ2v) is 5.40. The number of carbonyl (C=O) groups is 2. The number of amides is 2. The molecule has 0 aromatic carbocycles. The summed E-state index contributed by atoms with van der Waals surface area (Å²) < 4.78 is 1.69. The Balaban J connectivity index is 1.81. The highest BCUT2D eigenvalue weighted by atomic mass is 32.1. The highest BCUT2D eigenvalue weighted by Gasteiger charge is 2.22. The first kappa shape index (κ1) is 15.0. The summed E-state index contributed by atoms with van der Waals surface area (Å²) in [5, 5.41) is 20.2. The van der Waals surface area contributed by atoms with E-state index >= 15 is 0 Å². The quantitative estimate of drug-likeness (QED) is 0.746. The van der Waals surface area contributed by atoms with Gasteiger partial charge in [0.15, 0.2) is 6.04 Å². The van der Waals surface area contributed by atoms with Gasteiger partial charge in [0.2, 0.25) is 0 Å². The highest BCUT2D eigenvalue weighted by molar-refractivity contribution is 7.10. The fourth-order valence-corrected chi connectivity index (χ4v) is 2.56. The van der Waals surface area contributed by atoms with Crippen LogP contribution in [0.1, 0.15) is 16.6 Å². The standard InChI is InChI=1S/C13H16N4O3S/c1-17-7-5-9(16-17)4-6-14-13(20)15-11(12(18)19)10-3-2-8-21-10/h2-3,5,7-8,11H,4,6H2,1H3,(H,18,19)(H2,14,15,20). The first-order valence-corrected chi connectivity index (χ1v) is 7.23. The number of aromatic nitrogens is 2. The van der Waals surface area contributed by atoms with Crippen LogP contribution in [0.25, 0.3) is 0 Å². The maximum atomic E-state index is 11.7. The number of hydrogen-bond donors (Lipinski definition) is 3. The summed E-state index contributed by atoms with van der Waals surface area (Å²) in [5.74, 6) is -1.09. The van der Waals surface area contributed by atoms with Crippen molar-refractivity contribution in [1.82, 2.24) is 20.4 Å². The van der Waals surface area contributed by atoms with Gasteiger partial charge < -0.3 is 15.7 Å². The molecule has 21 heavy (non-hydrogen) atoms. The van der Waals surface area contributed by atoms with Gasteiger partial charge in [-0.3, -0.25) is 4.68 Å². The predicted octanol–water partition coefficient (Wildman–Crippen LogP) is 1.15. The molecule has 1 unspecified atom stereocenters. The van der Waals surface area contributed by atoms with E-state index in [4.69, 9.17) is 5.11 Å². The lowest BCUT2D eigenvalue weighted by molar-refractivity contribution is -0.139. The molecule has 1 atom stereocenters. The monoisotopic (exact) mass is 308 g/mol. The summed E-state index contributed by atoms with van der Waals surface area (Å²) >= 11 is 1.29. The lowest BCUT2D eigenvalue weighted by atomic mass is 10.2. The summed E-state index contributed by atoms with van der Waals surface area (Å²) in [6.07, 6.45) is 2.41. The molecule has 7 nitrogen and oxygen atoms in total. The Labute approximate surface area is 125 Å². The molecule has 0 saturated carbocycles. The molecule has 0 aliphatic carbocycles. The number of thiophene rings is 1. The average molecular weight is 308 g/mol. The zero-order valence-corrected chi connectivity index (χ0v) is 12.3. The molecule has 0 radical (unpaired) electrons. The molecule has 0 aliphatic rings. The SMILES string of the molecule is Cn1ccc(CCNC(=O)NC(C(=O)O)c2cccs2)n1. The van der Waals surface area contributed by atoms with Crippen molar-refractivity contribution in [1.29, 1.82) is 0 Å². The Morgan fingerprint density at radius 2 is 2.29 bits per heavy atom. The minimum atomic E-state index is -1.09. The van der Waals surface area contributed by atoms with Gasteiger partial charge in [0.25, 0.3) is 0 Å². The van der Waals surface area contributed by atoms with Crippen LogP contribution in [0.3, 0.4) is 0 Å². The summed E-state index contributed by atoms with van der Waals surface area (Å²) in [6, 6.07) is 3.76. The average Bonchev–Trinajstić information content (AvgIpc) is 3.07. The van der Waals surface area contributed by atoms with Crippen LogP contribution in [0.4, 0.5) is 4.79 Å². The number of carbonyl (C=O) groups excluding carboxylic acids is 1. The molecule has 112 valence electrons. The van der Waals surface area contributed by atoms with Crippen LogP contribution in [0.5, 0.6) is 0 Å². The molecular weight excluding hydrogens is 292 g/mol. The Hall–Kier alpha value is -2.35. The van der Waals surface area contributed by atoms with Gasteiger partial charge in [0.05, 0.1) is 5.69 Å². The van der Waals surface area contributed by atoms with E-state index in [1.807, 2.05) is 19.3 Å². The number of rotatable bonds is 6. The molecule has 0 aliphatic heterocycles. The third kappa shape index (κ3) is 4.32. The maximum Gasteiger partial charge on any atom is 0.331 e. The van der Waals surface area contributed by atoms with E-state index < -0.39 is 18.0 Å². The van der Waals surface area contributed by atoms with E-state index in [0.29, 0.717) is 17.8 Å². The van der Waals surface area contributed by atoms with E-state index in [1.165, 1.54) is 11.3 Å². The summed E-state index contributed by atoms with van der Waals surface area (Å²) in [6.45, 7) is 0.389. The lowest BCUT2D eigenvalue weighted by Gasteiger charge is -2.13. The van der Waals surface area contributed by atoms with Crippen molar-refractivity contribution >= 4 is 23.3 Å². The van der Waals surface area contributed by atoms with Crippen LogP contribution in [-0.2, 0) is 18.3 Å². The van der Waals surface area contributed by atoms with Gasteiger partial charge in [-0.1, -0.05) is 6.07 Å². The smallest absolute Gasteiger partial charge is 0.331 e. The van der Waals surface area contributed by atoms with Gasteiger partial charge in [-0.05, 0) is 17.5 Å². The van der Waals surface area contributed by atoms with Crippen molar-refractivity contribution in [3.63, 3.8) is 0 Å². The molecule has 2 rings (SSSR count). The Morgan fingerprint density at radius 3 is 2.86 bits per heavy atom. The van der Waals surface area contributed by atoms with Crippen molar-refractivity contribution in [3.05, 3.63) is 40.3 Å². The zero-order chi connectivity index (χ0) is 15.2. The molecule has 0 fully saturated rings. The lowest BCUT2D eigenvalue weighted by Crippen LogP contribution is -2.41. The van der Waals surface area contributed by atoms with Crippen LogP contribution in [0.15, 0.2) is 29.8 Å². The normalized spacial score (nSPS) is 11.9. The summed E-state index contributed by atoms with van der Waals surface area (Å²) in [7, 11) is 1.82. The van der Waals surface area contributed by atoms with Crippen LogP contribution >= 0.6 is 11.3 Å². The molecule has 2 heterocycles. The molecule has 0 saturated heterocycles. The van der Waals surface area contributed by atoms with Crippen LogP contribution in [-0.4, -0.2) is 33.4 Å². The van der Waals surface area contributed by atoms with Gasteiger partial charge >= 0.3 is 12.0 Å². The van der Waals surface area contributed by atoms with Gasteiger partial charge in [-0.2, -0.15) is 5.10 Å². The van der Waals surface area contributed by atoms with E-state index in [2.05, 4.69) is 15.7 Å². The largest absolute Gasteiger partial charge is 0.479 e. The topological polar surface area (TPSA) is 96.2 Å². The zero-order valence-electron chi connectivity index (χ0n) is 11.4. The summed E-state index contributed by atoms with van der Waals surface area (Å²) in [5.41, 5.74) is 0.867. The minimum absolute atomic E-state index is 0.389. The number of hydrogen-bond acceptors (Lipinski definition) is 4. The molecule has 0 bridgehead atoms. The number of carboxylic acid groups (broad SMARTS) is 1. The van der Waals surface area contributed by atoms with E-state index in [-0.39, 0.29) is 0 Å². The number of aliphatic carboxylic acids is 1. The highest BCUT2D eigenvalue weighted by Crippen LogP contribution is 2.18. The van der Waals surface area contributed by atoms with Gasteiger partial charge in [-0.15, -0.1) is 11.3 Å². The first-order valence-electron chi connectivity index (χ1n) is 6.35. The fraction of sp³-hybridized carbons (Fsp3) is 0.308. The van der Waals surface area contributed by atoms with Gasteiger partial charge in [0, 0.05) is 31.1 Å². The molecule has 2 amide bonds. The van der Waals surface area contributed by atoms with Crippen molar-refractivity contribution in [2.45, 2.75) is 12.5 Å². The third-order valence-electron chi connectivity index (χ3n) is 2.79. The Morgan fingerprint density at radius 1 is 1.48 bits per heavy atom. The number of nitrogens with one attached hydrogen (secondary N) is 2. The molecule has 3 N–H and O–H groups in total. The maximum absolute atomic E-state index is 11.7. The van der Waals surface area contributed by atoms with E-state index in [9.17, 15) is 9.59 Å². The molecular formula is C13H16N4O3S. The van der Waals surface area contributed by atoms with Crippen LogP contribution in [0, 0.1) is 0 Å². The predicted molar refractivity (Wildman–Crippen MR) is 78.1 cm³/mol. The van der Waals surface area contributed by atoms with Crippen molar-refractivity contribution in [3.8, 4) is 0 Å². The van der Waals surface area contributed by atoms with Crippen LogP contribution < -0.4 is 10.6 Å². The van der Waals surface area contributed by atoms with Gasteiger partial charge in [-0.25, -0.2) is 9.59 Å². The molecule has 2 aromatic heterocycles. The van der Waals surface area contributed by atoms with Crippen LogP contribution in [0.2, 0.25) is 0 Å². The Kier molecular flexibility index (Phi) is 4.94. The molecule has 2 aromatic rings. The van der Waals surface area contributed by atoms with Crippen molar-refractivity contribution < 1.29 is 14.7 Å². The number of nitrogens with zero attached hydrogens (tertiary/aromatic N) is 2. The second-order valence-electron chi connectivity index (χ2n) is 4.42. The Bertz CT molecular complexity index is 609. The molecule has 8 heteroatoms. The fourth-order valence-electron chi connectivity index (χ4n) is 1.79. The van der Waals surface area contributed by atoms with Crippen molar-refractivity contribution in [2.75, 3.05) is 6.54 Å². The summed E-state index contributed by atoms with van der Waals surface area (Å²) in [4.78, 5) is 23.5. The van der Waals surface area contributed by atoms with E-state index in [0.717, 1.165) is 5.69 Å². The second kappa shape index (κ2) is 6.89. The number of aryl methyl sites for hydroxylation is 1. The van der Waals surface area contributed by atoms with Gasteiger partial charge in [0.1, 0.15) is 0 Å². The first-order chi connectivity index (χ1) is 10.1. The molecule has 0 spiro atoms.